The number of sulfonamides is 1. The van der Waals surface area contributed by atoms with Crippen LogP contribution < -0.4 is 10.6 Å². The molecule has 1 amide bonds. The topological polar surface area (TPSA) is 78.5 Å². The predicted molar refractivity (Wildman–Crippen MR) is 68.6 cm³/mol. The molecule has 0 radical (unpaired) electrons. The van der Waals surface area contributed by atoms with Crippen molar-refractivity contribution in [2.75, 3.05) is 38.5 Å². The van der Waals surface area contributed by atoms with Crippen LogP contribution in [-0.4, -0.2) is 57.1 Å². The molecule has 2 heterocycles. The number of amides is 1. The number of carbonyl (C=O) groups excluding carboxylic acids is 1. The van der Waals surface area contributed by atoms with Gasteiger partial charge in [-0.2, -0.15) is 4.31 Å². The Kier molecular flexibility index (Phi) is 4.58. The van der Waals surface area contributed by atoms with Crippen LogP contribution in [0.3, 0.4) is 0 Å². The van der Waals surface area contributed by atoms with E-state index in [0.717, 1.165) is 25.9 Å². The Hall–Kier alpha value is -0.660. The molecule has 2 saturated heterocycles. The van der Waals surface area contributed by atoms with E-state index in [1.807, 2.05) is 0 Å². The van der Waals surface area contributed by atoms with Crippen LogP contribution in [0.25, 0.3) is 0 Å². The minimum atomic E-state index is -3.17. The lowest BCUT2D eigenvalue weighted by Gasteiger charge is -2.23. The third-order valence-corrected chi connectivity index (χ3v) is 5.41. The molecule has 0 bridgehead atoms. The highest BCUT2D eigenvalue weighted by Crippen LogP contribution is 2.12. The average Bonchev–Trinajstić information content (AvgIpc) is 2.68. The molecule has 18 heavy (non-hydrogen) atoms. The summed E-state index contributed by atoms with van der Waals surface area (Å²) in [5.74, 6) is 0.455. The normalized spacial score (nSPS) is 28.1. The molecule has 1 atom stereocenters. The van der Waals surface area contributed by atoms with Crippen molar-refractivity contribution >= 4 is 15.9 Å². The lowest BCUT2D eigenvalue weighted by atomic mass is 10.00. The van der Waals surface area contributed by atoms with Gasteiger partial charge in [-0.05, 0) is 38.3 Å². The Bertz CT molecular complexity index is 390. The molecule has 2 fully saturated rings. The van der Waals surface area contributed by atoms with E-state index in [4.69, 9.17) is 0 Å². The molecule has 2 N–H and O–H groups in total. The number of rotatable bonds is 4. The van der Waals surface area contributed by atoms with Crippen molar-refractivity contribution in [1.29, 1.82) is 0 Å². The Morgan fingerprint density at radius 2 is 2.22 bits per heavy atom. The van der Waals surface area contributed by atoms with Gasteiger partial charge in [-0.3, -0.25) is 4.79 Å². The fourth-order valence-electron chi connectivity index (χ4n) is 2.44. The molecular weight excluding hydrogens is 254 g/mol. The third-order valence-electron chi connectivity index (χ3n) is 3.51. The largest absolute Gasteiger partial charge is 0.355 e. The molecule has 0 spiro atoms. The van der Waals surface area contributed by atoms with Crippen molar-refractivity contribution in [3.05, 3.63) is 0 Å². The van der Waals surface area contributed by atoms with Gasteiger partial charge >= 0.3 is 0 Å². The third kappa shape index (κ3) is 3.66. The molecule has 104 valence electrons. The van der Waals surface area contributed by atoms with Crippen LogP contribution in [0.15, 0.2) is 0 Å². The van der Waals surface area contributed by atoms with E-state index < -0.39 is 10.0 Å². The quantitative estimate of drug-likeness (QED) is 0.700. The summed E-state index contributed by atoms with van der Waals surface area (Å²) in [5, 5.41) is 6.12. The Morgan fingerprint density at radius 3 is 2.83 bits per heavy atom. The zero-order chi connectivity index (χ0) is 13.0. The number of hydrogen-bond donors (Lipinski definition) is 2. The zero-order valence-corrected chi connectivity index (χ0v) is 11.3. The first-order valence-electron chi connectivity index (χ1n) is 6.53. The molecule has 0 aliphatic carbocycles. The first kappa shape index (κ1) is 13.8. The van der Waals surface area contributed by atoms with Crippen LogP contribution in [-0.2, 0) is 14.8 Å². The van der Waals surface area contributed by atoms with Crippen molar-refractivity contribution < 1.29 is 13.2 Å². The Labute approximate surface area is 108 Å². The van der Waals surface area contributed by atoms with Gasteiger partial charge in [0, 0.05) is 13.1 Å². The number of nitrogens with one attached hydrogen (secondary N) is 2. The molecule has 2 rings (SSSR count). The van der Waals surface area contributed by atoms with Gasteiger partial charge in [-0.15, -0.1) is 0 Å². The minimum Gasteiger partial charge on any atom is -0.355 e. The molecule has 7 heteroatoms. The summed E-state index contributed by atoms with van der Waals surface area (Å²) in [7, 11) is -3.17. The molecule has 2 aliphatic heterocycles. The van der Waals surface area contributed by atoms with Gasteiger partial charge in [0.1, 0.15) is 0 Å². The second-order valence-electron chi connectivity index (χ2n) is 5.02. The maximum Gasteiger partial charge on any atom is 0.235 e. The maximum atomic E-state index is 11.7. The average molecular weight is 275 g/mol. The molecule has 1 unspecified atom stereocenters. The van der Waals surface area contributed by atoms with Crippen molar-refractivity contribution in [2.45, 2.75) is 19.3 Å². The maximum absolute atomic E-state index is 11.7. The first-order chi connectivity index (χ1) is 8.58. The van der Waals surface area contributed by atoms with E-state index in [9.17, 15) is 13.2 Å². The zero-order valence-electron chi connectivity index (χ0n) is 10.5. The van der Waals surface area contributed by atoms with Crippen LogP contribution in [0.4, 0.5) is 0 Å². The SMILES string of the molecule is O=C(CN1CCCS1(=O)=O)NCC1CCCNC1. The summed E-state index contributed by atoms with van der Waals surface area (Å²) >= 11 is 0. The van der Waals surface area contributed by atoms with Gasteiger partial charge in [-0.1, -0.05) is 0 Å². The number of nitrogens with zero attached hydrogens (tertiary/aromatic N) is 1. The van der Waals surface area contributed by atoms with Crippen molar-refractivity contribution in [1.82, 2.24) is 14.9 Å². The summed E-state index contributed by atoms with van der Waals surface area (Å²) in [4.78, 5) is 11.7. The molecule has 0 aromatic heterocycles. The summed E-state index contributed by atoms with van der Waals surface area (Å²) in [6.45, 7) is 3.07. The highest BCUT2D eigenvalue weighted by molar-refractivity contribution is 7.89. The number of hydrogen-bond acceptors (Lipinski definition) is 4. The molecule has 0 aromatic rings. The highest BCUT2D eigenvalue weighted by atomic mass is 32.2. The van der Waals surface area contributed by atoms with E-state index in [-0.39, 0.29) is 18.2 Å². The second-order valence-corrected chi connectivity index (χ2v) is 7.11. The van der Waals surface area contributed by atoms with Crippen molar-refractivity contribution in [3.63, 3.8) is 0 Å². The predicted octanol–water partition coefficient (Wildman–Crippen LogP) is -0.862. The van der Waals surface area contributed by atoms with Crippen LogP contribution in [0.5, 0.6) is 0 Å². The summed E-state index contributed by atoms with van der Waals surface area (Å²) in [5.41, 5.74) is 0. The van der Waals surface area contributed by atoms with Crippen LogP contribution in [0.2, 0.25) is 0 Å². The number of carbonyl (C=O) groups is 1. The smallest absolute Gasteiger partial charge is 0.235 e. The van der Waals surface area contributed by atoms with E-state index >= 15 is 0 Å². The van der Waals surface area contributed by atoms with Crippen LogP contribution >= 0.6 is 0 Å². The van der Waals surface area contributed by atoms with Gasteiger partial charge in [0.15, 0.2) is 0 Å². The van der Waals surface area contributed by atoms with Gasteiger partial charge in [0.05, 0.1) is 12.3 Å². The lowest BCUT2D eigenvalue weighted by molar-refractivity contribution is -0.121. The minimum absolute atomic E-state index is 0.0253. The summed E-state index contributed by atoms with van der Waals surface area (Å²) in [6.07, 6.45) is 2.89. The monoisotopic (exact) mass is 275 g/mol. The van der Waals surface area contributed by atoms with Gasteiger partial charge < -0.3 is 10.6 Å². The lowest BCUT2D eigenvalue weighted by Crippen LogP contribution is -2.42. The molecule has 2 aliphatic rings. The van der Waals surface area contributed by atoms with Crippen molar-refractivity contribution in [2.24, 2.45) is 5.92 Å². The van der Waals surface area contributed by atoms with Gasteiger partial charge in [0.2, 0.25) is 15.9 Å². The fraction of sp³-hybridized carbons (Fsp3) is 0.909. The van der Waals surface area contributed by atoms with Crippen LogP contribution in [0.1, 0.15) is 19.3 Å². The van der Waals surface area contributed by atoms with E-state index in [0.29, 0.717) is 25.4 Å². The molecular formula is C11H21N3O3S. The highest BCUT2D eigenvalue weighted by Gasteiger charge is 2.29. The first-order valence-corrected chi connectivity index (χ1v) is 8.14. The number of piperidine rings is 1. The van der Waals surface area contributed by atoms with E-state index in [2.05, 4.69) is 10.6 Å². The molecule has 0 saturated carbocycles. The molecule has 6 nitrogen and oxygen atoms in total. The Morgan fingerprint density at radius 1 is 1.39 bits per heavy atom. The Balaban J connectivity index is 1.72. The summed E-state index contributed by atoms with van der Waals surface area (Å²) < 4.78 is 24.4. The van der Waals surface area contributed by atoms with Crippen molar-refractivity contribution in [3.8, 4) is 0 Å². The van der Waals surface area contributed by atoms with E-state index in [1.54, 1.807) is 0 Å². The standard InChI is InChI=1S/C11H21N3O3S/c15-11(9-14-5-2-6-18(14,16)17)13-8-10-3-1-4-12-7-10/h10,12H,1-9H2,(H,13,15). The summed E-state index contributed by atoms with van der Waals surface area (Å²) in [6, 6.07) is 0. The van der Waals surface area contributed by atoms with Gasteiger partial charge in [-0.25, -0.2) is 8.42 Å². The van der Waals surface area contributed by atoms with Gasteiger partial charge in [0.25, 0.3) is 0 Å². The fourth-order valence-corrected chi connectivity index (χ4v) is 3.91. The second kappa shape index (κ2) is 5.99. The van der Waals surface area contributed by atoms with E-state index in [1.165, 1.54) is 4.31 Å². The van der Waals surface area contributed by atoms with Crippen LogP contribution in [0, 0.1) is 5.92 Å². The molecule has 0 aromatic carbocycles.